The van der Waals surface area contributed by atoms with E-state index < -0.39 is 18.0 Å². The molecule has 2 aromatic rings. The summed E-state index contributed by atoms with van der Waals surface area (Å²) in [5.74, 6) is -0.722. The van der Waals surface area contributed by atoms with Gasteiger partial charge in [0.15, 0.2) is 6.10 Å². The number of nitrogens with one attached hydrogen (secondary N) is 1. The zero-order valence-corrected chi connectivity index (χ0v) is 15.6. The molecule has 1 amide bonds. The lowest BCUT2D eigenvalue weighted by atomic mass is 10.1. The number of aromatic nitrogens is 1. The van der Waals surface area contributed by atoms with Gasteiger partial charge in [-0.2, -0.15) is 0 Å². The van der Waals surface area contributed by atoms with Gasteiger partial charge in [0.05, 0.1) is 23.3 Å². The zero-order chi connectivity index (χ0) is 19.1. The second-order valence-electron chi connectivity index (χ2n) is 5.96. The fourth-order valence-electron chi connectivity index (χ4n) is 1.96. The molecule has 0 spiro atoms. The Morgan fingerprint density at radius 1 is 1.12 bits per heavy atom. The zero-order valence-electron chi connectivity index (χ0n) is 14.9. The van der Waals surface area contributed by atoms with Crippen molar-refractivity contribution in [1.82, 2.24) is 4.98 Å². The minimum atomic E-state index is -0.969. The highest BCUT2D eigenvalue weighted by molar-refractivity contribution is 6.30. The van der Waals surface area contributed by atoms with E-state index in [0.29, 0.717) is 23.0 Å². The van der Waals surface area contributed by atoms with Gasteiger partial charge in [0.25, 0.3) is 5.91 Å². The average Bonchev–Trinajstić information content (AvgIpc) is 2.62. The van der Waals surface area contributed by atoms with E-state index in [1.807, 2.05) is 13.8 Å². The number of carbonyl (C=O) groups excluding carboxylic acids is 2. The standard InChI is InChI=1S/C19H21ClN2O4/c1-12(2)25-11-14-4-6-15(7-5-14)19(24)26-13(3)18(23)22-17-9-8-16(20)10-21-17/h4-10,12-13H,11H2,1-3H3,(H,21,22,23)/t13-/m1/s1. The Morgan fingerprint density at radius 2 is 1.81 bits per heavy atom. The first kappa shape index (κ1) is 19.9. The molecule has 26 heavy (non-hydrogen) atoms. The average molecular weight is 377 g/mol. The summed E-state index contributed by atoms with van der Waals surface area (Å²) in [5, 5.41) is 3.02. The molecule has 0 aliphatic carbocycles. The SMILES string of the molecule is CC(C)OCc1ccc(C(=O)O[C@H](C)C(=O)Nc2ccc(Cl)cn2)cc1. The lowest BCUT2D eigenvalue weighted by Crippen LogP contribution is -2.30. The van der Waals surface area contributed by atoms with Gasteiger partial charge in [-0.1, -0.05) is 23.7 Å². The van der Waals surface area contributed by atoms with Crippen molar-refractivity contribution in [2.45, 2.75) is 39.6 Å². The Labute approximate surface area is 157 Å². The van der Waals surface area contributed by atoms with Crippen LogP contribution in [0.15, 0.2) is 42.6 Å². The van der Waals surface area contributed by atoms with Crippen LogP contribution in [0.5, 0.6) is 0 Å². The maximum atomic E-state index is 12.2. The number of esters is 1. The molecule has 0 unspecified atom stereocenters. The number of amides is 1. The summed E-state index contributed by atoms with van der Waals surface area (Å²) in [6.07, 6.45) is 0.580. The largest absolute Gasteiger partial charge is 0.449 e. The van der Waals surface area contributed by atoms with Crippen LogP contribution >= 0.6 is 11.6 Å². The predicted octanol–water partition coefficient (Wildman–Crippen LogP) is 3.84. The van der Waals surface area contributed by atoms with Crippen LogP contribution in [0.4, 0.5) is 5.82 Å². The molecule has 138 valence electrons. The fourth-order valence-corrected chi connectivity index (χ4v) is 2.07. The van der Waals surface area contributed by atoms with Gasteiger partial charge in [-0.3, -0.25) is 4.79 Å². The molecule has 1 aromatic carbocycles. The number of pyridine rings is 1. The van der Waals surface area contributed by atoms with Crippen molar-refractivity contribution >= 4 is 29.3 Å². The Morgan fingerprint density at radius 3 is 2.38 bits per heavy atom. The van der Waals surface area contributed by atoms with E-state index in [9.17, 15) is 9.59 Å². The molecular formula is C19H21ClN2O4. The van der Waals surface area contributed by atoms with Gasteiger partial charge in [-0.15, -0.1) is 0 Å². The summed E-state index contributed by atoms with van der Waals surface area (Å²) in [5.41, 5.74) is 1.32. The first-order chi connectivity index (χ1) is 12.3. The van der Waals surface area contributed by atoms with E-state index >= 15 is 0 Å². The second-order valence-corrected chi connectivity index (χ2v) is 6.39. The Bertz CT molecular complexity index is 745. The topological polar surface area (TPSA) is 77.5 Å². The molecule has 0 fully saturated rings. The van der Waals surface area contributed by atoms with Crippen molar-refractivity contribution in [3.63, 3.8) is 0 Å². The maximum absolute atomic E-state index is 12.2. The molecule has 1 N–H and O–H groups in total. The van der Waals surface area contributed by atoms with E-state index in [4.69, 9.17) is 21.1 Å². The van der Waals surface area contributed by atoms with Crippen molar-refractivity contribution < 1.29 is 19.1 Å². The smallest absolute Gasteiger partial charge is 0.338 e. The molecule has 2 rings (SSSR count). The van der Waals surface area contributed by atoms with E-state index in [2.05, 4.69) is 10.3 Å². The number of nitrogens with zero attached hydrogens (tertiary/aromatic N) is 1. The molecule has 6 nitrogen and oxygen atoms in total. The minimum absolute atomic E-state index is 0.133. The van der Waals surface area contributed by atoms with Gasteiger partial charge in [-0.25, -0.2) is 9.78 Å². The summed E-state index contributed by atoms with van der Waals surface area (Å²) in [6.45, 7) is 5.88. The molecule has 0 saturated carbocycles. The van der Waals surface area contributed by atoms with Crippen LogP contribution in [0.2, 0.25) is 5.02 Å². The summed E-state index contributed by atoms with van der Waals surface area (Å²) in [4.78, 5) is 28.2. The van der Waals surface area contributed by atoms with Gasteiger partial charge in [0, 0.05) is 6.20 Å². The highest BCUT2D eigenvalue weighted by Gasteiger charge is 2.19. The van der Waals surface area contributed by atoms with Gasteiger partial charge < -0.3 is 14.8 Å². The monoisotopic (exact) mass is 376 g/mol. The van der Waals surface area contributed by atoms with E-state index in [0.717, 1.165) is 5.56 Å². The second kappa shape index (κ2) is 9.31. The Kier molecular flexibility index (Phi) is 7.12. The first-order valence-electron chi connectivity index (χ1n) is 8.19. The number of benzene rings is 1. The minimum Gasteiger partial charge on any atom is -0.449 e. The van der Waals surface area contributed by atoms with E-state index in [-0.39, 0.29) is 6.10 Å². The van der Waals surface area contributed by atoms with Crippen LogP contribution in [0.25, 0.3) is 0 Å². The van der Waals surface area contributed by atoms with Crippen molar-refractivity contribution in [2.75, 3.05) is 5.32 Å². The van der Waals surface area contributed by atoms with Crippen LogP contribution in [0.1, 0.15) is 36.7 Å². The third-order valence-corrected chi connectivity index (χ3v) is 3.63. The lowest BCUT2D eigenvalue weighted by molar-refractivity contribution is -0.123. The summed E-state index contributed by atoms with van der Waals surface area (Å²) in [6, 6.07) is 10.0. The van der Waals surface area contributed by atoms with Crippen LogP contribution < -0.4 is 5.32 Å². The molecule has 1 aromatic heterocycles. The quantitative estimate of drug-likeness (QED) is 0.743. The Hall–Kier alpha value is -2.44. The maximum Gasteiger partial charge on any atom is 0.338 e. The van der Waals surface area contributed by atoms with Crippen molar-refractivity contribution in [3.05, 3.63) is 58.7 Å². The number of carbonyl (C=O) groups is 2. The highest BCUT2D eigenvalue weighted by atomic mass is 35.5. The molecule has 0 bridgehead atoms. The molecule has 1 heterocycles. The molecule has 0 aliphatic heterocycles. The Balaban J connectivity index is 1.89. The number of hydrogen-bond acceptors (Lipinski definition) is 5. The van der Waals surface area contributed by atoms with Crippen LogP contribution in [-0.2, 0) is 20.9 Å². The fraction of sp³-hybridized carbons (Fsp3) is 0.316. The van der Waals surface area contributed by atoms with Crippen molar-refractivity contribution in [2.24, 2.45) is 0 Å². The molecule has 0 aliphatic rings. The number of rotatable bonds is 7. The van der Waals surface area contributed by atoms with Gasteiger partial charge in [-0.05, 0) is 50.6 Å². The van der Waals surface area contributed by atoms with Gasteiger partial charge in [0.2, 0.25) is 0 Å². The number of halogens is 1. The van der Waals surface area contributed by atoms with Crippen LogP contribution in [0, 0.1) is 0 Å². The van der Waals surface area contributed by atoms with Crippen molar-refractivity contribution in [3.8, 4) is 0 Å². The number of ether oxygens (including phenoxy) is 2. The highest BCUT2D eigenvalue weighted by Crippen LogP contribution is 2.12. The van der Waals surface area contributed by atoms with Gasteiger partial charge in [0.1, 0.15) is 5.82 Å². The molecule has 0 radical (unpaired) electrons. The molecule has 7 heteroatoms. The van der Waals surface area contributed by atoms with E-state index in [1.54, 1.807) is 36.4 Å². The van der Waals surface area contributed by atoms with E-state index in [1.165, 1.54) is 13.1 Å². The van der Waals surface area contributed by atoms with Crippen LogP contribution in [-0.4, -0.2) is 29.1 Å². The normalized spacial score (nSPS) is 11.9. The van der Waals surface area contributed by atoms with Gasteiger partial charge >= 0.3 is 5.97 Å². The number of hydrogen-bond donors (Lipinski definition) is 1. The molecular weight excluding hydrogens is 356 g/mol. The third kappa shape index (κ3) is 6.13. The molecule has 1 atom stereocenters. The van der Waals surface area contributed by atoms with Crippen molar-refractivity contribution in [1.29, 1.82) is 0 Å². The number of anilines is 1. The first-order valence-corrected chi connectivity index (χ1v) is 8.57. The predicted molar refractivity (Wildman–Crippen MR) is 99.1 cm³/mol. The summed E-state index contributed by atoms with van der Waals surface area (Å²) in [7, 11) is 0. The summed E-state index contributed by atoms with van der Waals surface area (Å²) < 4.78 is 10.7. The third-order valence-electron chi connectivity index (χ3n) is 3.40. The van der Waals surface area contributed by atoms with Crippen LogP contribution in [0.3, 0.4) is 0 Å². The lowest BCUT2D eigenvalue weighted by Gasteiger charge is -2.13. The molecule has 0 saturated heterocycles. The summed E-state index contributed by atoms with van der Waals surface area (Å²) >= 11 is 5.74.